The molecule has 2 rings (SSSR count). The number of nitrogens with one attached hydrogen (secondary N) is 2. The first-order valence-electron chi connectivity index (χ1n) is 6.80. The summed E-state index contributed by atoms with van der Waals surface area (Å²) in [7, 11) is 0. The molecule has 0 radical (unpaired) electrons. The van der Waals surface area contributed by atoms with Gasteiger partial charge in [0.05, 0.1) is 10.7 Å². The lowest BCUT2D eigenvalue weighted by Gasteiger charge is -2.16. The monoisotopic (exact) mass is 354 g/mol. The van der Waals surface area contributed by atoms with Crippen molar-refractivity contribution in [2.75, 3.05) is 0 Å². The topological polar surface area (TPSA) is 63.5 Å². The number of ether oxygens (including phenoxy) is 1. The minimum Gasteiger partial charge on any atom is -0.479 e. The second kappa shape index (κ2) is 7.44. The molecule has 0 fully saturated rings. The average Bonchev–Trinajstić information content (AvgIpc) is 2.93. The third-order valence-corrected chi connectivity index (χ3v) is 3.47. The van der Waals surface area contributed by atoms with Gasteiger partial charge in [-0.1, -0.05) is 29.8 Å². The normalized spacial score (nSPS) is 11.7. The van der Waals surface area contributed by atoms with Gasteiger partial charge in [0.1, 0.15) is 11.5 Å². The number of hydrogen-bond acceptors (Lipinski definition) is 4. The van der Waals surface area contributed by atoms with Gasteiger partial charge >= 0.3 is 0 Å². The van der Waals surface area contributed by atoms with Crippen LogP contribution in [0.25, 0.3) is 5.70 Å². The van der Waals surface area contributed by atoms with Crippen molar-refractivity contribution >= 4 is 34.8 Å². The van der Waals surface area contributed by atoms with Crippen molar-refractivity contribution in [3.63, 3.8) is 0 Å². The highest BCUT2D eigenvalue weighted by Gasteiger charge is 2.16. The van der Waals surface area contributed by atoms with Gasteiger partial charge in [0.25, 0.3) is 5.91 Å². The molecule has 0 spiro atoms. The van der Waals surface area contributed by atoms with E-state index in [-0.39, 0.29) is 5.91 Å². The molecule has 1 aromatic carbocycles. The van der Waals surface area contributed by atoms with E-state index in [4.69, 9.17) is 32.4 Å². The Morgan fingerprint density at radius 1 is 1.26 bits per heavy atom. The number of hydrazine groups is 1. The molecule has 0 unspecified atom stereocenters. The van der Waals surface area contributed by atoms with E-state index in [2.05, 4.69) is 17.4 Å². The van der Waals surface area contributed by atoms with Gasteiger partial charge in [-0.25, -0.2) is 0 Å². The Balaban J connectivity index is 1.88. The van der Waals surface area contributed by atoms with Crippen molar-refractivity contribution in [2.24, 2.45) is 0 Å². The standard InChI is InChI=1S/C16H16Cl2N2O3/c1-9-4-6-14(22-9)10(2)19-20-16(21)11(3)23-15-7-5-12(17)8-13(15)18/h4-8,11,19H,2H2,1,3H3,(H,20,21)/t11-/m1/s1. The van der Waals surface area contributed by atoms with Crippen LogP contribution >= 0.6 is 23.2 Å². The van der Waals surface area contributed by atoms with Gasteiger partial charge < -0.3 is 9.15 Å². The quantitative estimate of drug-likeness (QED) is 0.770. The first kappa shape index (κ1) is 17.2. The van der Waals surface area contributed by atoms with E-state index in [1.54, 1.807) is 37.3 Å². The summed E-state index contributed by atoms with van der Waals surface area (Å²) in [5.41, 5.74) is 5.61. The summed E-state index contributed by atoms with van der Waals surface area (Å²) < 4.78 is 10.9. The van der Waals surface area contributed by atoms with E-state index in [9.17, 15) is 4.79 Å². The van der Waals surface area contributed by atoms with E-state index in [1.165, 1.54) is 0 Å². The first-order valence-corrected chi connectivity index (χ1v) is 7.55. The summed E-state index contributed by atoms with van der Waals surface area (Å²) in [6, 6.07) is 8.34. The van der Waals surface area contributed by atoms with Gasteiger partial charge in [-0.2, -0.15) is 0 Å². The van der Waals surface area contributed by atoms with Crippen LogP contribution in [0, 0.1) is 6.92 Å². The van der Waals surface area contributed by atoms with E-state index < -0.39 is 6.10 Å². The molecule has 1 amide bonds. The van der Waals surface area contributed by atoms with Crippen molar-refractivity contribution in [2.45, 2.75) is 20.0 Å². The van der Waals surface area contributed by atoms with Gasteiger partial charge in [-0.3, -0.25) is 15.6 Å². The Labute approximate surface area is 144 Å². The molecule has 0 bridgehead atoms. The molecule has 1 heterocycles. The Kier molecular flexibility index (Phi) is 5.58. The third-order valence-electron chi connectivity index (χ3n) is 2.94. The van der Waals surface area contributed by atoms with Crippen LogP contribution in [0.3, 0.4) is 0 Å². The summed E-state index contributed by atoms with van der Waals surface area (Å²) in [6.07, 6.45) is -0.771. The number of hydrogen-bond donors (Lipinski definition) is 2. The number of carbonyl (C=O) groups is 1. The molecule has 2 N–H and O–H groups in total. The summed E-state index contributed by atoms with van der Waals surface area (Å²) in [6.45, 7) is 7.20. The highest BCUT2D eigenvalue weighted by molar-refractivity contribution is 6.35. The van der Waals surface area contributed by atoms with Crippen LogP contribution in [-0.2, 0) is 4.79 Å². The molecule has 0 aliphatic heterocycles. The molecule has 23 heavy (non-hydrogen) atoms. The highest BCUT2D eigenvalue weighted by atomic mass is 35.5. The minimum absolute atomic E-state index is 0.334. The van der Waals surface area contributed by atoms with Crippen LogP contribution in [0.1, 0.15) is 18.4 Å². The average molecular weight is 355 g/mol. The van der Waals surface area contributed by atoms with Gasteiger partial charge in [0.15, 0.2) is 11.9 Å². The smallest absolute Gasteiger partial charge is 0.279 e. The number of benzene rings is 1. The summed E-state index contributed by atoms with van der Waals surface area (Å²) in [5, 5.41) is 0.826. The number of rotatable bonds is 6. The van der Waals surface area contributed by atoms with Crippen LogP contribution < -0.4 is 15.6 Å². The Hall–Kier alpha value is -2.11. The maximum absolute atomic E-state index is 12.0. The van der Waals surface area contributed by atoms with E-state index in [0.29, 0.717) is 27.3 Å². The number of halogens is 2. The third kappa shape index (κ3) is 4.68. The van der Waals surface area contributed by atoms with Crippen LogP contribution in [0.4, 0.5) is 0 Å². The number of aryl methyl sites for hydroxylation is 1. The summed E-state index contributed by atoms with van der Waals surface area (Å²) in [5.74, 6) is 1.28. The molecule has 1 atom stereocenters. The molecule has 5 nitrogen and oxygen atoms in total. The van der Waals surface area contributed by atoms with Gasteiger partial charge in [-0.15, -0.1) is 0 Å². The van der Waals surface area contributed by atoms with Gasteiger partial charge in [-0.05, 0) is 44.2 Å². The van der Waals surface area contributed by atoms with Crippen LogP contribution in [0.5, 0.6) is 5.75 Å². The van der Waals surface area contributed by atoms with Crippen molar-refractivity contribution in [1.29, 1.82) is 0 Å². The maximum atomic E-state index is 12.0. The van der Waals surface area contributed by atoms with E-state index >= 15 is 0 Å². The summed E-state index contributed by atoms with van der Waals surface area (Å²) >= 11 is 11.8. The molecule has 1 aromatic heterocycles. The zero-order chi connectivity index (χ0) is 17.0. The lowest BCUT2D eigenvalue weighted by atomic mass is 10.3. The summed E-state index contributed by atoms with van der Waals surface area (Å²) in [4.78, 5) is 12.0. The lowest BCUT2D eigenvalue weighted by Crippen LogP contribution is -2.43. The van der Waals surface area contributed by atoms with E-state index in [0.717, 1.165) is 5.76 Å². The van der Waals surface area contributed by atoms with Crippen molar-refractivity contribution < 1.29 is 13.9 Å². The molecule has 0 aliphatic carbocycles. The fraction of sp³-hybridized carbons (Fsp3) is 0.188. The molecule has 2 aromatic rings. The second-order valence-corrected chi connectivity index (χ2v) is 5.68. The second-order valence-electron chi connectivity index (χ2n) is 4.84. The maximum Gasteiger partial charge on any atom is 0.279 e. The zero-order valence-electron chi connectivity index (χ0n) is 12.7. The molecule has 0 saturated carbocycles. The van der Waals surface area contributed by atoms with Crippen LogP contribution in [0.2, 0.25) is 10.0 Å². The number of amides is 1. The highest BCUT2D eigenvalue weighted by Crippen LogP contribution is 2.28. The van der Waals surface area contributed by atoms with Crippen LogP contribution in [-0.4, -0.2) is 12.0 Å². The van der Waals surface area contributed by atoms with Crippen molar-refractivity contribution in [3.05, 3.63) is 58.5 Å². The van der Waals surface area contributed by atoms with Gasteiger partial charge in [0, 0.05) is 5.02 Å². The zero-order valence-corrected chi connectivity index (χ0v) is 14.2. The van der Waals surface area contributed by atoms with Crippen molar-refractivity contribution in [1.82, 2.24) is 10.9 Å². The molecular formula is C16H16Cl2N2O3. The predicted molar refractivity (Wildman–Crippen MR) is 90.3 cm³/mol. The Bertz CT molecular complexity index is 728. The van der Waals surface area contributed by atoms with Crippen molar-refractivity contribution in [3.8, 4) is 5.75 Å². The predicted octanol–water partition coefficient (Wildman–Crippen LogP) is 3.95. The fourth-order valence-electron chi connectivity index (χ4n) is 1.71. The number of carbonyl (C=O) groups excluding carboxylic acids is 1. The molecule has 0 aliphatic rings. The van der Waals surface area contributed by atoms with E-state index in [1.807, 2.05) is 6.92 Å². The van der Waals surface area contributed by atoms with Gasteiger partial charge in [0.2, 0.25) is 0 Å². The van der Waals surface area contributed by atoms with Crippen LogP contribution in [0.15, 0.2) is 41.3 Å². The fourth-order valence-corrected chi connectivity index (χ4v) is 2.16. The molecule has 7 heteroatoms. The molecule has 0 saturated heterocycles. The number of furan rings is 1. The largest absolute Gasteiger partial charge is 0.479 e. The molecular weight excluding hydrogens is 339 g/mol. The SMILES string of the molecule is C=C(NNC(=O)[C@@H](C)Oc1ccc(Cl)cc1Cl)c1ccc(C)o1. The Morgan fingerprint density at radius 3 is 2.61 bits per heavy atom. The lowest BCUT2D eigenvalue weighted by molar-refractivity contribution is -0.127. The minimum atomic E-state index is -0.771. The Morgan fingerprint density at radius 2 is 2.00 bits per heavy atom. The first-order chi connectivity index (χ1) is 10.9. The molecule has 122 valence electrons.